The van der Waals surface area contributed by atoms with Crippen molar-refractivity contribution in [3.05, 3.63) is 215 Å². The standard InChI is InChI=1S/C63H66N4O15/c68-55(35-31-52(60(73)79-41-47-23-11-3-12-24-47)65-57(70)37-33-54(62(75)81-43-49-27-15-5-16-28-49)67-63(76)82-44-50-29-17-6-18-30-50)64-51(59(72)78-40-46-21-9-2-10-22-46)32-36-56(69)66-53(61(74)80-42-48-25-13-4-14-26-48)34-38-58(71)77-39-45-19-7-1-8-20-45/h1-30,51-54H,31-44H2,(H,64,68)(H,65,70)(H,66,69)(H,67,76). The van der Waals surface area contributed by atoms with E-state index < -0.39 is 97.1 Å². The fraction of sp³-hybridized carbons (Fsp3) is 0.286. The molecule has 6 rings (SSSR count). The number of carbonyl (C=O) groups is 9. The van der Waals surface area contributed by atoms with Crippen molar-refractivity contribution in [2.75, 3.05) is 0 Å². The molecule has 428 valence electrons. The summed E-state index contributed by atoms with van der Waals surface area (Å²) >= 11 is 0. The molecule has 4 atom stereocenters. The number of hydrogen-bond acceptors (Lipinski definition) is 15. The highest BCUT2D eigenvalue weighted by Gasteiger charge is 2.30. The van der Waals surface area contributed by atoms with E-state index in [-0.39, 0.29) is 71.7 Å². The van der Waals surface area contributed by atoms with Gasteiger partial charge in [0.2, 0.25) is 17.7 Å². The lowest BCUT2D eigenvalue weighted by Gasteiger charge is -2.21. The van der Waals surface area contributed by atoms with Crippen molar-refractivity contribution in [3.8, 4) is 0 Å². The van der Waals surface area contributed by atoms with E-state index in [4.69, 9.17) is 28.4 Å². The average Bonchev–Trinajstić information content (AvgIpc) is 3.55. The SMILES string of the molecule is O=C(CCC(NC(=O)CCC(NC(=O)OCc1ccccc1)C(=O)OCc1ccccc1)C(=O)OCc1ccccc1)NC(CCC(=O)NC(CCC(=O)OCc1ccccc1)C(=O)OCc1ccccc1)C(=O)OCc1ccccc1. The van der Waals surface area contributed by atoms with Crippen LogP contribution in [-0.4, -0.2) is 77.8 Å². The molecule has 0 spiro atoms. The van der Waals surface area contributed by atoms with Crippen LogP contribution in [0.3, 0.4) is 0 Å². The summed E-state index contributed by atoms with van der Waals surface area (Å²) in [5.74, 6) is -6.32. The third-order valence-corrected chi connectivity index (χ3v) is 12.4. The van der Waals surface area contributed by atoms with Crippen molar-refractivity contribution in [3.63, 3.8) is 0 Å². The minimum atomic E-state index is -1.43. The van der Waals surface area contributed by atoms with E-state index in [1.54, 1.807) is 176 Å². The number of amides is 4. The Kier molecular flexibility index (Phi) is 25.8. The molecule has 0 radical (unpaired) electrons. The Hall–Kier alpha value is -9.65. The van der Waals surface area contributed by atoms with Gasteiger partial charge in [-0.3, -0.25) is 19.2 Å². The molecule has 19 nitrogen and oxygen atoms in total. The van der Waals surface area contributed by atoms with Crippen LogP contribution in [0.4, 0.5) is 4.79 Å². The molecule has 4 unspecified atom stereocenters. The topological polar surface area (TPSA) is 257 Å². The second kappa shape index (κ2) is 34.4. The molecular formula is C63H66N4O15. The summed E-state index contributed by atoms with van der Waals surface area (Å²) < 4.78 is 32.9. The molecule has 19 heteroatoms. The van der Waals surface area contributed by atoms with E-state index in [0.29, 0.717) is 27.8 Å². The predicted molar refractivity (Wildman–Crippen MR) is 297 cm³/mol. The molecule has 0 aliphatic rings. The van der Waals surface area contributed by atoms with Crippen LogP contribution < -0.4 is 21.3 Å². The molecule has 6 aromatic carbocycles. The van der Waals surface area contributed by atoms with E-state index in [2.05, 4.69) is 21.3 Å². The van der Waals surface area contributed by atoms with Crippen LogP contribution in [0.2, 0.25) is 0 Å². The van der Waals surface area contributed by atoms with Gasteiger partial charge in [0, 0.05) is 25.7 Å². The summed E-state index contributed by atoms with van der Waals surface area (Å²) in [5.41, 5.74) is 4.09. The molecule has 0 fully saturated rings. The molecule has 0 bridgehead atoms. The number of nitrogens with one attached hydrogen (secondary N) is 4. The number of alkyl carbamates (subject to hydrolysis) is 1. The Morgan fingerprint density at radius 2 is 0.488 bits per heavy atom. The maximum absolute atomic E-state index is 13.8. The molecule has 0 saturated carbocycles. The number of esters is 5. The normalized spacial score (nSPS) is 12.1. The third kappa shape index (κ3) is 23.4. The summed E-state index contributed by atoms with van der Waals surface area (Å²) in [6.07, 6.45) is -3.63. The van der Waals surface area contributed by atoms with Crippen molar-refractivity contribution in [2.24, 2.45) is 0 Å². The first-order chi connectivity index (χ1) is 39.9. The van der Waals surface area contributed by atoms with E-state index in [0.717, 1.165) is 5.56 Å². The first-order valence-electron chi connectivity index (χ1n) is 26.7. The first-order valence-corrected chi connectivity index (χ1v) is 26.7. The summed E-state index contributed by atoms with van der Waals surface area (Å²) in [5, 5.41) is 10.3. The maximum atomic E-state index is 13.8. The molecule has 6 aromatic rings. The molecular weight excluding hydrogens is 1050 g/mol. The highest BCUT2D eigenvalue weighted by atomic mass is 16.6. The van der Waals surface area contributed by atoms with Crippen molar-refractivity contribution in [2.45, 2.75) is 115 Å². The van der Waals surface area contributed by atoms with Crippen LogP contribution in [0.1, 0.15) is 84.7 Å². The van der Waals surface area contributed by atoms with Gasteiger partial charge in [-0.05, 0) is 59.1 Å². The van der Waals surface area contributed by atoms with E-state index in [9.17, 15) is 43.2 Å². The molecule has 0 aliphatic carbocycles. The summed E-state index contributed by atoms with van der Waals surface area (Å²) in [7, 11) is 0. The highest BCUT2D eigenvalue weighted by molar-refractivity contribution is 5.89. The molecule has 0 aromatic heterocycles. The third-order valence-electron chi connectivity index (χ3n) is 12.4. The summed E-state index contributed by atoms with van der Waals surface area (Å²) in [6, 6.07) is 47.4. The Labute approximate surface area is 475 Å². The number of benzene rings is 6. The van der Waals surface area contributed by atoms with Crippen LogP contribution in [-0.2, 0) is 106 Å². The van der Waals surface area contributed by atoms with Crippen LogP contribution >= 0.6 is 0 Å². The second-order valence-electron chi connectivity index (χ2n) is 18.8. The Morgan fingerprint density at radius 1 is 0.268 bits per heavy atom. The predicted octanol–water partition coefficient (Wildman–Crippen LogP) is 7.57. The number of hydrogen-bond donors (Lipinski definition) is 4. The van der Waals surface area contributed by atoms with Crippen molar-refractivity contribution in [1.82, 2.24) is 21.3 Å². The van der Waals surface area contributed by atoms with Gasteiger partial charge in [-0.2, -0.15) is 0 Å². The van der Waals surface area contributed by atoms with Gasteiger partial charge in [0.15, 0.2) is 0 Å². The lowest BCUT2D eigenvalue weighted by Crippen LogP contribution is -2.46. The maximum Gasteiger partial charge on any atom is 0.408 e. The average molecular weight is 1120 g/mol. The molecule has 0 saturated heterocycles. The summed E-state index contributed by atoms with van der Waals surface area (Å²) in [6.45, 7) is -0.688. The first kappa shape index (κ1) is 61.6. The van der Waals surface area contributed by atoms with E-state index >= 15 is 0 Å². The number of carbonyl (C=O) groups excluding carboxylic acids is 9. The van der Waals surface area contributed by atoms with E-state index in [1.165, 1.54) is 0 Å². The molecule has 0 aliphatic heterocycles. The Balaban J connectivity index is 1.10. The molecule has 82 heavy (non-hydrogen) atoms. The van der Waals surface area contributed by atoms with Crippen LogP contribution in [0.15, 0.2) is 182 Å². The van der Waals surface area contributed by atoms with Gasteiger partial charge in [0.25, 0.3) is 0 Å². The van der Waals surface area contributed by atoms with Crippen molar-refractivity contribution < 1.29 is 71.6 Å². The van der Waals surface area contributed by atoms with E-state index in [1.807, 2.05) is 6.07 Å². The zero-order valence-corrected chi connectivity index (χ0v) is 45.2. The molecule has 0 heterocycles. The largest absolute Gasteiger partial charge is 0.461 e. The molecule has 4 amide bonds. The monoisotopic (exact) mass is 1120 g/mol. The fourth-order valence-corrected chi connectivity index (χ4v) is 7.92. The van der Waals surface area contributed by atoms with Crippen LogP contribution in [0, 0.1) is 0 Å². The van der Waals surface area contributed by atoms with Crippen molar-refractivity contribution in [1.29, 1.82) is 0 Å². The van der Waals surface area contributed by atoms with Gasteiger partial charge in [-0.15, -0.1) is 0 Å². The van der Waals surface area contributed by atoms with Gasteiger partial charge in [-0.1, -0.05) is 182 Å². The van der Waals surface area contributed by atoms with Gasteiger partial charge in [-0.25, -0.2) is 24.0 Å². The number of rotatable bonds is 32. The Bertz CT molecular complexity index is 2970. The minimum absolute atomic E-state index is 0.00118. The lowest BCUT2D eigenvalue weighted by atomic mass is 10.1. The Morgan fingerprint density at radius 3 is 0.756 bits per heavy atom. The number of ether oxygens (including phenoxy) is 6. The molecule has 4 N–H and O–H groups in total. The smallest absolute Gasteiger partial charge is 0.408 e. The summed E-state index contributed by atoms with van der Waals surface area (Å²) in [4.78, 5) is 121. The zero-order chi connectivity index (χ0) is 58.2. The van der Waals surface area contributed by atoms with Gasteiger partial charge < -0.3 is 49.7 Å². The van der Waals surface area contributed by atoms with Gasteiger partial charge in [0.1, 0.15) is 63.8 Å². The second-order valence-corrected chi connectivity index (χ2v) is 18.8. The van der Waals surface area contributed by atoms with Crippen molar-refractivity contribution >= 4 is 53.7 Å². The van der Waals surface area contributed by atoms with Gasteiger partial charge in [0.05, 0.1) is 0 Å². The van der Waals surface area contributed by atoms with Crippen LogP contribution in [0.5, 0.6) is 0 Å². The highest BCUT2D eigenvalue weighted by Crippen LogP contribution is 2.14. The van der Waals surface area contributed by atoms with Crippen LogP contribution in [0.25, 0.3) is 0 Å². The van der Waals surface area contributed by atoms with Gasteiger partial charge >= 0.3 is 35.9 Å². The lowest BCUT2D eigenvalue weighted by molar-refractivity contribution is -0.151. The minimum Gasteiger partial charge on any atom is -0.461 e. The zero-order valence-electron chi connectivity index (χ0n) is 45.2. The quantitative estimate of drug-likeness (QED) is 0.0235. The fourth-order valence-electron chi connectivity index (χ4n) is 7.92.